The van der Waals surface area contributed by atoms with Crippen molar-refractivity contribution in [2.45, 2.75) is 15.5 Å². The van der Waals surface area contributed by atoms with Gasteiger partial charge < -0.3 is 0 Å². The second kappa shape index (κ2) is 8.32. The molecule has 0 aliphatic rings. The van der Waals surface area contributed by atoms with Crippen molar-refractivity contribution < 1.29 is 8.42 Å². The van der Waals surface area contributed by atoms with Gasteiger partial charge in [-0.2, -0.15) is 5.01 Å². The summed E-state index contributed by atoms with van der Waals surface area (Å²) < 4.78 is 23.5. The number of rotatable bonds is 7. The molecule has 0 aliphatic heterocycles. The average molecular weight is 399 g/mol. The number of hydrogen-bond acceptors (Lipinski definition) is 6. The SMILES string of the molecule is CS(=O)(=O)c1cccc(N(N=O)c2ccc(SCc3cccnc3)cc2)c1. The van der Waals surface area contributed by atoms with E-state index in [4.69, 9.17) is 0 Å². The summed E-state index contributed by atoms with van der Waals surface area (Å²) in [7, 11) is -3.37. The Labute approximate surface area is 162 Å². The highest BCUT2D eigenvalue weighted by Crippen LogP contribution is 2.30. The molecule has 3 aromatic rings. The van der Waals surface area contributed by atoms with E-state index in [1.54, 1.807) is 42.2 Å². The Bertz CT molecular complexity index is 1020. The highest BCUT2D eigenvalue weighted by atomic mass is 32.2. The van der Waals surface area contributed by atoms with Gasteiger partial charge in [-0.1, -0.05) is 12.1 Å². The lowest BCUT2D eigenvalue weighted by molar-refractivity contribution is 0.602. The van der Waals surface area contributed by atoms with Crippen LogP contribution in [-0.2, 0) is 15.6 Å². The zero-order chi connectivity index (χ0) is 19.3. The Morgan fingerprint density at radius 3 is 2.44 bits per heavy atom. The molecule has 0 bridgehead atoms. The number of sulfone groups is 1. The van der Waals surface area contributed by atoms with Gasteiger partial charge in [-0.3, -0.25) is 4.98 Å². The summed E-state index contributed by atoms with van der Waals surface area (Å²) in [6, 6.07) is 17.4. The lowest BCUT2D eigenvalue weighted by Gasteiger charge is -2.16. The highest BCUT2D eigenvalue weighted by molar-refractivity contribution is 7.98. The molecule has 0 atom stereocenters. The van der Waals surface area contributed by atoms with Crippen LogP contribution in [0, 0.1) is 4.91 Å². The van der Waals surface area contributed by atoms with Gasteiger partial charge in [-0.15, -0.1) is 16.7 Å². The van der Waals surface area contributed by atoms with Crippen LogP contribution in [0.5, 0.6) is 0 Å². The Balaban J connectivity index is 1.77. The molecule has 0 saturated heterocycles. The van der Waals surface area contributed by atoms with Crippen LogP contribution in [0.15, 0.2) is 88.1 Å². The van der Waals surface area contributed by atoms with Crippen molar-refractivity contribution in [3.8, 4) is 0 Å². The topological polar surface area (TPSA) is 79.7 Å². The monoisotopic (exact) mass is 399 g/mol. The van der Waals surface area contributed by atoms with Crippen molar-refractivity contribution in [2.24, 2.45) is 5.29 Å². The Morgan fingerprint density at radius 2 is 1.81 bits per heavy atom. The minimum absolute atomic E-state index is 0.136. The predicted octanol–water partition coefficient (Wildman–Crippen LogP) is 4.60. The molecule has 0 unspecified atom stereocenters. The quantitative estimate of drug-likeness (QED) is 0.328. The molecule has 0 spiro atoms. The fourth-order valence-corrected chi connectivity index (χ4v) is 3.92. The van der Waals surface area contributed by atoms with Gasteiger partial charge in [-0.25, -0.2) is 8.42 Å². The number of anilines is 2. The fourth-order valence-electron chi connectivity index (χ4n) is 2.42. The van der Waals surface area contributed by atoms with Crippen molar-refractivity contribution in [2.75, 3.05) is 11.3 Å². The third-order valence-electron chi connectivity index (χ3n) is 3.78. The molecule has 0 amide bonds. The predicted molar refractivity (Wildman–Crippen MR) is 108 cm³/mol. The molecular weight excluding hydrogens is 382 g/mol. The van der Waals surface area contributed by atoms with E-state index in [1.165, 1.54) is 17.1 Å². The first kappa shape index (κ1) is 19.1. The molecule has 8 heteroatoms. The van der Waals surface area contributed by atoms with Crippen molar-refractivity contribution in [3.63, 3.8) is 0 Å². The van der Waals surface area contributed by atoms with E-state index in [9.17, 15) is 13.3 Å². The number of thioether (sulfide) groups is 1. The summed E-state index contributed by atoms with van der Waals surface area (Å²) in [5, 5.41) is 4.22. The van der Waals surface area contributed by atoms with Crippen LogP contribution in [0.2, 0.25) is 0 Å². The average Bonchev–Trinajstić information content (AvgIpc) is 2.68. The first-order chi connectivity index (χ1) is 13.0. The number of pyridine rings is 1. The third kappa shape index (κ3) is 4.93. The highest BCUT2D eigenvalue weighted by Gasteiger charge is 2.14. The van der Waals surface area contributed by atoms with Crippen LogP contribution in [0.4, 0.5) is 11.4 Å². The first-order valence-corrected chi connectivity index (χ1v) is 10.9. The molecule has 2 aromatic carbocycles. The van der Waals surface area contributed by atoms with E-state index >= 15 is 0 Å². The Hall–Kier alpha value is -2.71. The van der Waals surface area contributed by atoms with Gasteiger partial charge in [0.1, 0.15) is 0 Å². The summed E-state index contributed by atoms with van der Waals surface area (Å²) in [6.07, 6.45) is 4.69. The Morgan fingerprint density at radius 1 is 1.04 bits per heavy atom. The van der Waals surface area contributed by atoms with E-state index in [2.05, 4.69) is 10.3 Å². The molecule has 0 N–H and O–H groups in total. The van der Waals surface area contributed by atoms with Gasteiger partial charge in [0.05, 0.1) is 21.6 Å². The molecule has 0 saturated carbocycles. The molecule has 138 valence electrons. The normalized spacial score (nSPS) is 11.1. The smallest absolute Gasteiger partial charge is 0.175 e. The maximum Gasteiger partial charge on any atom is 0.175 e. The fraction of sp³-hybridized carbons (Fsp3) is 0.105. The maximum absolute atomic E-state index is 11.7. The molecule has 27 heavy (non-hydrogen) atoms. The number of aromatic nitrogens is 1. The van der Waals surface area contributed by atoms with Gasteiger partial charge >= 0.3 is 0 Å². The Kier molecular flexibility index (Phi) is 5.88. The van der Waals surface area contributed by atoms with Gasteiger partial charge in [0, 0.05) is 29.3 Å². The van der Waals surface area contributed by atoms with Crippen molar-refractivity contribution in [1.29, 1.82) is 0 Å². The van der Waals surface area contributed by atoms with Gasteiger partial charge in [0.2, 0.25) is 0 Å². The number of nitroso groups, excluding NO2 is 1. The summed E-state index contributed by atoms with van der Waals surface area (Å²) in [6.45, 7) is 0. The second-order valence-electron chi connectivity index (χ2n) is 5.81. The van der Waals surface area contributed by atoms with Crippen LogP contribution in [0.3, 0.4) is 0 Å². The maximum atomic E-state index is 11.7. The first-order valence-electron chi connectivity index (χ1n) is 8.02. The molecule has 3 rings (SSSR count). The number of nitrogens with zero attached hydrogens (tertiary/aromatic N) is 3. The number of hydrogen-bond donors (Lipinski definition) is 0. The zero-order valence-corrected chi connectivity index (χ0v) is 16.2. The van der Waals surface area contributed by atoms with E-state index in [0.29, 0.717) is 11.4 Å². The van der Waals surface area contributed by atoms with E-state index in [1.807, 2.05) is 30.5 Å². The van der Waals surface area contributed by atoms with E-state index < -0.39 is 9.84 Å². The minimum Gasteiger partial charge on any atom is -0.264 e. The van der Waals surface area contributed by atoms with Crippen molar-refractivity contribution in [3.05, 3.63) is 83.5 Å². The molecular formula is C19H17N3O3S2. The second-order valence-corrected chi connectivity index (χ2v) is 8.87. The molecule has 0 fully saturated rings. The molecule has 1 heterocycles. The van der Waals surface area contributed by atoms with Crippen LogP contribution in [0.25, 0.3) is 0 Å². The van der Waals surface area contributed by atoms with Crippen molar-refractivity contribution in [1.82, 2.24) is 4.98 Å². The van der Waals surface area contributed by atoms with E-state index in [-0.39, 0.29) is 4.90 Å². The van der Waals surface area contributed by atoms with Gasteiger partial charge in [0.25, 0.3) is 0 Å². The summed E-state index contributed by atoms with van der Waals surface area (Å²) in [5.74, 6) is 0.791. The molecule has 0 aliphatic carbocycles. The minimum atomic E-state index is -3.37. The lowest BCUT2D eigenvalue weighted by atomic mass is 10.2. The largest absolute Gasteiger partial charge is 0.264 e. The van der Waals surface area contributed by atoms with Crippen LogP contribution in [0.1, 0.15) is 5.56 Å². The summed E-state index contributed by atoms with van der Waals surface area (Å²) in [4.78, 5) is 16.6. The van der Waals surface area contributed by atoms with Crippen LogP contribution < -0.4 is 5.01 Å². The standard InChI is InChI=1S/C19H17N3O3S2/c1-27(24,25)19-6-2-5-17(12-19)22(21-23)16-7-9-18(10-8-16)26-14-15-4-3-11-20-13-15/h2-13H,14H2,1H3. The summed E-state index contributed by atoms with van der Waals surface area (Å²) in [5.41, 5.74) is 2.07. The molecule has 0 radical (unpaired) electrons. The lowest BCUT2D eigenvalue weighted by Crippen LogP contribution is -2.08. The van der Waals surface area contributed by atoms with Crippen LogP contribution in [-0.4, -0.2) is 19.7 Å². The summed E-state index contributed by atoms with van der Waals surface area (Å²) >= 11 is 1.66. The zero-order valence-electron chi connectivity index (χ0n) is 14.5. The van der Waals surface area contributed by atoms with Crippen molar-refractivity contribution >= 4 is 33.0 Å². The molecule has 6 nitrogen and oxygen atoms in total. The third-order valence-corrected chi connectivity index (χ3v) is 5.97. The van der Waals surface area contributed by atoms with Crippen LogP contribution >= 0.6 is 11.8 Å². The van der Waals surface area contributed by atoms with Gasteiger partial charge in [0.15, 0.2) is 9.84 Å². The van der Waals surface area contributed by atoms with Gasteiger partial charge in [-0.05, 0) is 54.1 Å². The molecule has 1 aromatic heterocycles. The number of benzene rings is 2. The van der Waals surface area contributed by atoms with E-state index in [0.717, 1.165) is 22.5 Å².